The number of nitrogens with one attached hydrogen (secondary N) is 1. The number of rotatable bonds is 9. The van der Waals surface area contributed by atoms with E-state index < -0.39 is 5.97 Å². The molecule has 0 unspecified atom stereocenters. The predicted molar refractivity (Wildman–Crippen MR) is 95.4 cm³/mol. The van der Waals surface area contributed by atoms with E-state index >= 15 is 0 Å². The molecule has 0 spiro atoms. The van der Waals surface area contributed by atoms with Gasteiger partial charge >= 0.3 is 5.97 Å². The van der Waals surface area contributed by atoms with Crippen molar-refractivity contribution in [3.05, 3.63) is 40.4 Å². The largest absolute Gasteiger partial charge is 0.481 e. The third-order valence-corrected chi connectivity index (χ3v) is 4.57. The summed E-state index contributed by atoms with van der Waals surface area (Å²) in [6, 6.07) is 7.44. The van der Waals surface area contributed by atoms with Gasteiger partial charge in [0, 0.05) is 28.9 Å². The number of hydrogen-bond donors (Lipinski definition) is 2. The number of carboxylic acid groups (broad SMARTS) is 1. The van der Waals surface area contributed by atoms with Crippen LogP contribution in [0.2, 0.25) is 5.02 Å². The molecule has 0 bridgehead atoms. The second-order valence-electron chi connectivity index (χ2n) is 5.38. The van der Waals surface area contributed by atoms with E-state index in [2.05, 4.69) is 10.3 Å². The zero-order chi connectivity index (χ0) is 17.4. The highest BCUT2D eigenvalue weighted by molar-refractivity contribution is 7.13. The molecule has 0 aliphatic carbocycles. The second kappa shape index (κ2) is 9.39. The van der Waals surface area contributed by atoms with Gasteiger partial charge in [-0.3, -0.25) is 9.59 Å². The maximum atomic E-state index is 11.9. The lowest BCUT2D eigenvalue weighted by atomic mass is 10.2. The molecule has 0 atom stereocenters. The lowest BCUT2D eigenvalue weighted by Crippen LogP contribution is -2.26. The number of carboxylic acids is 1. The summed E-state index contributed by atoms with van der Waals surface area (Å²) >= 11 is 7.37. The SMILES string of the molecule is O=C(O)CCCCCNC(=O)Cc1csc(-c2ccc(Cl)cc2)n1. The summed E-state index contributed by atoms with van der Waals surface area (Å²) in [4.78, 5) is 26.7. The molecule has 0 saturated heterocycles. The number of hydrogen-bond acceptors (Lipinski definition) is 4. The molecule has 0 saturated carbocycles. The Morgan fingerprint density at radius 2 is 1.92 bits per heavy atom. The van der Waals surface area contributed by atoms with Gasteiger partial charge in [0.15, 0.2) is 0 Å². The fraction of sp³-hybridized carbons (Fsp3) is 0.353. The minimum Gasteiger partial charge on any atom is -0.481 e. The fourth-order valence-electron chi connectivity index (χ4n) is 2.15. The summed E-state index contributed by atoms with van der Waals surface area (Å²) in [5.41, 5.74) is 1.72. The van der Waals surface area contributed by atoms with Gasteiger partial charge in [0.2, 0.25) is 5.91 Å². The van der Waals surface area contributed by atoms with Gasteiger partial charge in [-0.25, -0.2) is 4.98 Å². The van der Waals surface area contributed by atoms with Crippen LogP contribution in [0.25, 0.3) is 10.6 Å². The first-order valence-electron chi connectivity index (χ1n) is 7.73. The predicted octanol–water partition coefficient (Wildman–Crippen LogP) is 3.77. The van der Waals surface area contributed by atoms with Gasteiger partial charge in [-0.15, -0.1) is 11.3 Å². The monoisotopic (exact) mass is 366 g/mol. The quantitative estimate of drug-likeness (QED) is 0.662. The van der Waals surface area contributed by atoms with Gasteiger partial charge in [0.05, 0.1) is 12.1 Å². The topological polar surface area (TPSA) is 79.3 Å². The number of unbranched alkanes of at least 4 members (excludes halogenated alkanes) is 2. The average molecular weight is 367 g/mol. The molecule has 1 aromatic carbocycles. The minimum atomic E-state index is -0.779. The molecule has 0 aliphatic heterocycles. The summed E-state index contributed by atoms with van der Waals surface area (Å²) < 4.78 is 0. The molecule has 0 aliphatic rings. The van der Waals surface area contributed by atoms with Crippen LogP contribution >= 0.6 is 22.9 Å². The van der Waals surface area contributed by atoms with Gasteiger partial charge in [-0.1, -0.05) is 30.2 Å². The number of aliphatic carboxylic acids is 1. The standard InChI is InChI=1S/C17H19ClN2O3S/c18-13-7-5-12(6-8-13)17-20-14(11-24-17)10-15(21)19-9-3-1-2-4-16(22)23/h5-8,11H,1-4,9-10H2,(H,19,21)(H,22,23). The second-order valence-corrected chi connectivity index (χ2v) is 6.68. The number of nitrogens with zero attached hydrogens (tertiary/aromatic N) is 1. The molecule has 24 heavy (non-hydrogen) atoms. The average Bonchev–Trinajstić information content (AvgIpc) is 2.99. The summed E-state index contributed by atoms with van der Waals surface area (Å²) in [6.07, 6.45) is 2.65. The van der Waals surface area contributed by atoms with E-state index in [0.717, 1.165) is 29.1 Å². The van der Waals surface area contributed by atoms with Crippen molar-refractivity contribution in [2.45, 2.75) is 32.1 Å². The van der Waals surface area contributed by atoms with Crippen LogP contribution in [-0.2, 0) is 16.0 Å². The van der Waals surface area contributed by atoms with Crippen molar-refractivity contribution in [2.24, 2.45) is 0 Å². The van der Waals surface area contributed by atoms with Crippen molar-refractivity contribution < 1.29 is 14.7 Å². The highest BCUT2D eigenvalue weighted by Crippen LogP contribution is 2.25. The third kappa shape index (κ3) is 6.29. The summed E-state index contributed by atoms with van der Waals surface area (Å²) in [6.45, 7) is 0.562. The summed E-state index contributed by atoms with van der Waals surface area (Å²) in [5, 5.41) is 14.8. The van der Waals surface area contributed by atoms with Gasteiger partial charge in [-0.05, 0) is 25.0 Å². The van der Waals surface area contributed by atoms with E-state index in [1.165, 1.54) is 11.3 Å². The van der Waals surface area contributed by atoms with E-state index in [1.54, 1.807) is 0 Å². The normalized spacial score (nSPS) is 10.5. The number of thiazole rings is 1. The summed E-state index contributed by atoms with van der Waals surface area (Å²) in [7, 11) is 0. The molecular weight excluding hydrogens is 348 g/mol. The molecule has 2 rings (SSSR count). The highest BCUT2D eigenvalue weighted by atomic mass is 35.5. The van der Waals surface area contributed by atoms with E-state index in [9.17, 15) is 9.59 Å². The number of amides is 1. The van der Waals surface area contributed by atoms with Gasteiger partial charge < -0.3 is 10.4 Å². The number of halogens is 1. The molecule has 5 nitrogen and oxygen atoms in total. The van der Waals surface area contributed by atoms with Crippen LogP contribution in [0.3, 0.4) is 0 Å². The molecule has 0 radical (unpaired) electrons. The first kappa shape index (κ1) is 18.4. The first-order chi connectivity index (χ1) is 11.5. The molecule has 1 amide bonds. The fourth-order valence-corrected chi connectivity index (χ4v) is 3.10. The Morgan fingerprint density at radius 3 is 2.62 bits per heavy atom. The van der Waals surface area contributed by atoms with Crippen LogP contribution in [-0.4, -0.2) is 28.5 Å². The maximum absolute atomic E-state index is 11.9. The zero-order valence-corrected chi connectivity index (χ0v) is 14.7. The van der Waals surface area contributed by atoms with E-state index in [0.29, 0.717) is 18.0 Å². The van der Waals surface area contributed by atoms with Crippen molar-refractivity contribution >= 4 is 34.8 Å². The van der Waals surface area contributed by atoms with Crippen LogP contribution in [0.1, 0.15) is 31.4 Å². The van der Waals surface area contributed by atoms with E-state index in [1.807, 2.05) is 29.6 Å². The Bertz CT molecular complexity index is 685. The van der Waals surface area contributed by atoms with E-state index in [4.69, 9.17) is 16.7 Å². The lowest BCUT2D eigenvalue weighted by molar-refractivity contribution is -0.137. The number of carbonyl (C=O) groups excluding carboxylic acids is 1. The van der Waals surface area contributed by atoms with Gasteiger partial charge in [0.25, 0.3) is 0 Å². The molecule has 0 fully saturated rings. The van der Waals surface area contributed by atoms with Crippen LogP contribution < -0.4 is 5.32 Å². The Hall–Kier alpha value is -1.92. The molecule has 128 valence electrons. The Kier molecular flexibility index (Phi) is 7.21. The number of carbonyl (C=O) groups is 2. The van der Waals surface area contributed by atoms with Gasteiger partial charge in [0.1, 0.15) is 5.01 Å². The van der Waals surface area contributed by atoms with Crippen LogP contribution in [0.4, 0.5) is 0 Å². The molecule has 1 heterocycles. The molecule has 1 aromatic heterocycles. The smallest absolute Gasteiger partial charge is 0.303 e. The zero-order valence-electron chi connectivity index (χ0n) is 13.1. The molecule has 7 heteroatoms. The van der Waals surface area contributed by atoms with Crippen molar-refractivity contribution in [2.75, 3.05) is 6.54 Å². The van der Waals surface area contributed by atoms with Crippen molar-refractivity contribution in [1.82, 2.24) is 10.3 Å². The van der Waals surface area contributed by atoms with Crippen LogP contribution in [0, 0.1) is 0 Å². The van der Waals surface area contributed by atoms with Crippen molar-refractivity contribution in [3.63, 3.8) is 0 Å². The number of aromatic nitrogens is 1. The summed E-state index contributed by atoms with van der Waals surface area (Å²) in [5.74, 6) is -0.847. The molecular formula is C17H19ClN2O3S. The Labute approximate surface area is 149 Å². The first-order valence-corrected chi connectivity index (χ1v) is 8.99. The Balaban J connectivity index is 1.72. The minimum absolute atomic E-state index is 0.0683. The lowest BCUT2D eigenvalue weighted by Gasteiger charge is -2.03. The highest BCUT2D eigenvalue weighted by Gasteiger charge is 2.09. The maximum Gasteiger partial charge on any atom is 0.303 e. The third-order valence-electron chi connectivity index (χ3n) is 3.37. The molecule has 2 aromatic rings. The van der Waals surface area contributed by atoms with Crippen molar-refractivity contribution in [1.29, 1.82) is 0 Å². The van der Waals surface area contributed by atoms with Crippen molar-refractivity contribution in [3.8, 4) is 10.6 Å². The van der Waals surface area contributed by atoms with E-state index in [-0.39, 0.29) is 18.7 Å². The van der Waals surface area contributed by atoms with Gasteiger partial charge in [-0.2, -0.15) is 0 Å². The van der Waals surface area contributed by atoms with Crippen LogP contribution in [0.5, 0.6) is 0 Å². The number of benzene rings is 1. The molecule has 2 N–H and O–H groups in total. The Morgan fingerprint density at radius 1 is 1.17 bits per heavy atom. The van der Waals surface area contributed by atoms with Crippen LogP contribution in [0.15, 0.2) is 29.6 Å².